The van der Waals surface area contributed by atoms with Crippen molar-refractivity contribution in [3.8, 4) is 11.5 Å². The molecule has 4 heteroatoms. The van der Waals surface area contributed by atoms with Crippen molar-refractivity contribution >= 4 is 0 Å². The summed E-state index contributed by atoms with van der Waals surface area (Å²) < 4.78 is 16.1. The third-order valence-corrected chi connectivity index (χ3v) is 3.50. The lowest BCUT2D eigenvalue weighted by atomic mass is 9.89. The van der Waals surface area contributed by atoms with Crippen LogP contribution in [0.5, 0.6) is 11.5 Å². The van der Waals surface area contributed by atoms with E-state index in [1.807, 2.05) is 18.2 Å². The predicted molar refractivity (Wildman–Crippen MR) is 70.0 cm³/mol. The fourth-order valence-electron chi connectivity index (χ4n) is 2.40. The molecule has 2 N–H and O–H groups in total. The van der Waals surface area contributed by atoms with Crippen LogP contribution in [-0.2, 0) is 4.74 Å². The van der Waals surface area contributed by atoms with Crippen molar-refractivity contribution in [2.24, 2.45) is 11.7 Å². The summed E-state index contributed by atoms with van der Waals surface area (Å²) >= 11 is 0. The molecule has 18 heavy (non-hydrogen) atoms. The van der Waals surface area contributed by atoms with Gasteiger partial charge in [0.25, 0.3) is 0 Å². The molecule has 1 fully saturated rings. The van der Waals surface area contributed by atoms with Gasteiger partial charge in [-0.25, -0.2) is 0 Å². The molecule has 0 aliphatic carbocycles. The number of nitrogens with two attached hydrogens (primary N) is 1. The number of ether oxygens (including phenoxy) is 3. The first-order valence-electron chi connectivity index (χ1n) is 6.31. The number of hydrogen-bond acceptors (Lipinski definition) is 4. The topological polar surface area (TPSA) is 53.7 Å². The van der Waals surface area contributed by atoms with Crippen LogP contribution >= 0.6 is 0 Å². The fourth-order valence-corrected chi connectivity index (χ4v) is 2.40. The number of benzene rings is 1. The molecule has 0 amide bonds. The third kappa shape index (κ3) is 2.76. The monoisotopic (exact) mass is 251 g/mol. The molecule has 0 aromatic heterocycles. The molecule has 100 valence electrons. The zero-order chi connectivity index (χ0) is 13.0. The number of rotatable bonds is 4. The zero-order valence-electron chi connectivity index (χ0n) is 11.0. The van der Waals surface area contributed by atoms with Gasteiger partial charge < -0.3 is 19.9 Å². The standard InChI is InChI=1S/C14H21NO3/c1-16-11-5-6-12(13(8-11)17-2)14(15)10-4-3-7-18-9-10/h5-6,8,10,14H,3-4,7,9,15H2,1-2H3. The van der Waals surface area contributed by atoms with Gasteiger partial charge in [0.05, 0.1) is 20.8 Å². The molecule has 1 saturated heterocycles. The normalized spacial score (nSPS) is 21.4. The Morgan fingerprint density at radius 2 is 2.17 bits per heavy atom. The second-order valence-electron chi connectivity index (χ2n) is 4.61. The van der Waals surface area contributed by atoms with Crippen molar-refractivity contribution in [2.45, 2.75) is 18.9 Å². The van der Waals surface area contributed by atoms with Crippen LogP contribution in [0.4, 0.5) is 0 Å². The van der Waals surface area contributed by atoms with E-state index >= 15 is 0 Å². The Morgan fingerprint density at radius 3 is 2.78 bits per heavy atom. The molecule has 2 rings (SSSR count). The van der Waals surface area contributed by atoms with Crippen molar-refractivity contribution in [1.82, 2.24) is 0 Å². The molecule has 1 aliphatic rings. The molecule has 1 aliphatic heterocycles. The largest absolute Gasteiger partial charge is 0.497 e. The van der Waals surface area contributed by atoms with E-state index in [2.05, 4.69) is 0 Å². The van der Waals surface area contributed by atoms with Crippen LogP contribution in [0.3, 0.4) is 0 Å². The SMILES string of the molecule is COc1ccc(C(N)C2CCCOC2)c(OC)c1. The lowest BCUT2D eigenvalue weighted by Gasteiger charge is -2.28. The highest BCUT2D eigenvalue weighted by atomic mass is 16.5. The van der Waals surface area contributed by atoms with E-state index in [-0.39, 0.29) is 6.04 Å². The summed E-state index contributed by atoms with van der Waals surface area (Å²) in [6, 6.07) is 5.73. The van der Waals surface area contributed by atoms with E-state index in [9.17, 15) is 0 Å². The highest BCUT2D eigenvalue weighted by molar-refractivity contribution is 5.42. The van der Waals surface area contributed by atoms with E-state index < -0.39 is 0 Å². The lowest BCUT2D eigenvalue weighted by molar-refractivity contribution is 0.0444. The van der Waals surface area contributed by atoms with E-state index in [4.69, 9.17) is 19.9 Å². The van der Waals surface area contributed by atoms with Gasteiger partial charge in [0, 0.05) is 30.2 Å². The van der Waals surface area contributed by atoms with Crippen molar-refractivity contribution in [3.05, 3.63) is 23.8 Å². The first kappa shape index (κ1) is 13.2. The van der Waals surface area contributed by atoms with Crippen LogP contribution in [0.15, 0.2) is 18.2 Å². The van der Waals surface area contributed by atoms with Gasteiger partial charge in [-0.3, -0.25) is 0 Å². The van der Waals surface area contributed by atoms with Gasteiger partial charge in [-0.15, -0.1) is 0 Å². The predicted octanol–water partition coefficient (Wildman–Crippen LogP) is 2.13. The van der Waals surface area contributed by atoms with Crippen LogP contribution in [0.2, 0.25) is 0 Å². The minimum Gasteiger partial charge on any atom is -0.497 e. The summed E-state index contributed by atoms with van der Waals surface area (Å²) in [5.74, 6) is 1.93. The van der Waals surface area contributed by atoms with Gasteiger partial charge in [-0.2, -0.15) is 0 Å². The molecule has 2 unspecified atom stereocenters. The van der Waals surface area contributed by atoms with Crippen LogP contribution in [-0.4, -0.2) is 27.4 Å². The second kappa shape index (κ2) is 6.07. The minimum atomic E-state index is -0.0499. The minimum absolute atomic E-state index is 0.0499. The molecule has 1 aromatic rings. The second-order valence-corrected chi connectivity index (χ2v) is 4.61. The van der Waals surface area contributed by atoms with Crippen molar-refractivity contribution in [2.75, 3.05) is 27.4 Å². The molecule has 0 saturated carbocycles. The molecular weight excluding hydrogens is 230 g/mol. The van der Waals surface area contributed by atoms with Gasteiger partial charge in [-0.05, 0) is 18.9 Å². The van der Waals surface area contributed by atoms with Gasteiger partial charge in [-0.1, -0.05) is 6.07 Å². The smallest absolute Gasteiger partial charge is 0.127 e. The van der Waals surface area contributed by atoms with Gasteiger partial charge in [0.15, 0.2) is 0 Å². The van der Waals surface area contributed by atoms with E-state index in [1.165, 1.54) is 0 Å². The Balaban J connectivity index is 2.20. The Kier molecular flexibility index (Phi) is 4.44. The molecular formula is C14H21NO3. The summed E-state index contributed by atoms with van der Waals surface area (Å²) in [5, 5.41) is 0. The maximum absolute atomic E-state index is 6.34. The number of hydrogen-bond donors (Lipinski definition) is 1. The maximum Gasteiger partial charge on any atom is 0.127 e. The first-order valence-corrected chi connectivity index (χ1v) is 6.31. The molecule has 1 aromatic carbocycles. The van der Waals surface area contributed by atoms with Crippen LogP contribution in [0, 0.1) is 5.92 Å². The molecule has 1 heterocycles. The maximum atomic E-state index is 6.34. The van der Waals surface area contributed by atoms with Crippen LogP contribution < -0.4 is 15.2 Å². The van der Waals surface area contributed by atoms with E-state index in [1.54, 1.807) is 14.2 Å². The number of methoxy groups -OCH3 is 2. The Labute approximate surface area is 108 Å². The Morgan fingerprint density at radius 1 is 1.33 bits per heavy atom. The zero-order valence-corrected chi connectivity index (χ0v) is 11.0. The van der Waals surface area contributed by atoms with Crippen LogP contribution in [0.25, 0.3) is 0 Å². The summed E-state index contributed by atoms with van der Waals surface area (Å²) in [7, 11) is 3.30. The molecule has 2 atom stereocenters. The van der Waals surface area contributed by atoms with Gasteiger partial charge in [0.1, 0.15) is 11.5 Å². The summed E-state index contributed by atoms with van der Waals surface area (Å²) in [6.07, 6.45) is 2.19. The first-order chi connectivity index (χ1) is 8.76. The van der Waals surface area contributed by atoms with Crippen molar-refractivity contribution in [3.63, 3.8) is 0 Å². The molecule has 4 nitrogen and oxygen atoms in total. The third-order valence-electron chi connectivity index (χ3n) is 3.50. The van der Waals surface area contributed by atoms with E-state index in [0.29, 0.717) is 5.92 Å². The summed E-state index contributed by atoms with van der Waals surface area (Å²) in [5.41, 5.74) is 7.36. The Hall–Kier alpha value is -1.26. The van der Waals surface area contributed by atoms with E-state index in [0.717, 1.165) is 43.1 Å². The molecule has 0 bridgehead atoms. The molecule has 0 spiro atoms. The average molecular weight is 251 g/mol. The fraction of sp³-hybridized carbons (Fsp3) is 0.571. The van der Waals surface area contributed by atoms with Crippen molar-refractivity contribution < 1.29 is 14.2 Å². The average Bonchev–Trinajstić information content (AvgIpc) is 2.46. The quantitative estimate of drug-likeness (QED) is 0.890. The van der Waals surface area contributed by atoms with Gasteiger partial charge in [0.2, 0.25) is 0 Å². The highest BCUT2D eigenvalue weighted by Gasteiger charge is 2.24. The Bertz CT molecular complexity index is 389. The molecule has 0 radical (unpaired) electrons. The highest BCUT2D eigenvalue weighted by Crippen LogP contribution is 2.34. The van der Waals surface area contributed by atoms with Crippen molar-refractivity contribution in [1.29, 1.82) is 0 Å². The van der Waals surface area contributed by atoms with Gasteiger partial charge >= 0.3 is 0 Å². The summed E-state index contributed by atoms with van der Waals surface area (Å²) in [4.78, 5) is 0. The lowest BCUT2D eigenvalue weighted by Crippen LogP contribution is -2.29. The summed E-state index contributed by atoms with van der Waals surface area (Å²) in [6.45, 7) is 1.58. The van der Waals surface area contributed by atoms with Crippen LogP contribution in [0.1, 0.15) is 24.4 Å².